The molecular weight excluding hydrogens is 1430 g/mol. The summed E-state index contributed by atoms with van der Waals surface area (Å²) in [5, 5.41) is 8.34. The highest BCUT2D eigenvalue weighted by Crippen LogP contribution is 2.46. The molecule has 4 saturated heterocycles. The lowest BCUT2D eigenvalue weighted by atomic mass is 9.74. The minimum absolute atomic E-state index is 0.00813. The fourth-order valence-electron chi connectivity index (χ4n) is 17.4. The van der Waals surface area contributed by atoms with Crippen molar-refractivity contribution in [2.24, 2.45) is 35.5 Å². The molecule has 4 aliphatic carbocycles. The predicted octanol–water partition coefficient (Wildman–Crippen LogP) is 5.32. The summed E-state index contributed by atoms with van der Waals surface area (Å²) in [6, 6.07) is -11.3. The van der Waals surface area contributed by atoms with Crippen LogP contribution in [0.5, 0.6) is 0 Å². The molecule has 4 heterocycles. The maximum absolute atomic E-state index is 15.6. The number of ether oxygens (including phenoxy) is 2. The van der Waals surface area contributed by atoms with Gasteiger partial charge in [0.15, 0.2) is 0 Å². The van der Waals surface area contributed by atoms with E-state index in [1.165, 1.54) is 63.9 Å². The van der Waals surface area contributed by atoms with Crippen molar-refractivity contribution in [3.05, 3.63) is 0 Å². The van der Waals surface area contributed by atoms with Crippen LogP contribution >= 0.6 is 0 Å². The Morgan fingerprint density at radius 2 is 1.23 bits per heavy atom. The van der Waals surface area contributed by atoms with Gasteiger partial charge >= 0.3 is 12.4 Å². The largest absolute Gasteiger partial charge is 0.397 e. The number of hydrogen-bond donors (Lipinski definition) is 3. The molecule has 0 radical (unpaired) electrons. The van der Waals surface area contributed by atoms with Gasteiger partial charge in [0.25, 0.3) is 0 Å². The Hall–Kier alpha value is -7.00. The third-order valence-corrected chi connectivity index (χ3v) is 24.6. The number of morpholine rings is 1. The number of halogens is 8. The van der Waals surface area contributed by atoms with E-state index in [1.54, 1.807) is 20.8 Å². The van der Waals surface area contributed by atoms with E-state index in [0.717, 1.165) is 29.4 Å². The van der Waals surface area contributed by atoms with E-state index < -0.39 is 230 Å². The molecule has 4 saturated carbocycles. The van der Waals surface area contributed by atoms with Crippen molar-refractivity contribution >= 4 is 70.9 Å². The Balaban J connectivity index is 1.19. The average Bonchev–Trinajstić information content (AvgIpc) is 1.54. The molecule has 610 valence electrons. The second-order valence-corrected chi connectivity index (χ2v) is 31.7. The van der Waals surface area contributed by atoms with Crippen molar-refractivity contribution in [2.45, 2.75) is 260 Å². The number of fused-ring (bicyclic) bond motifs is 3. The van der Waals surface area contributed by atoms with Gasteiger partial charge < -0.3 is 69.5 Å². The lowest BCUT2D eigenvalue weighted by molar-refractivity contribution is -0.219. The van der Waals surface area contributed by atoms with Gasteiger partial charge in [0.2, 0.25) is 70.9 Å². The molecule has 1 spiro atoms. The molecule has 2 unspecified atom stereocenters. The van der Waals surface area contributed by atoms with E-state index in [1.807, 2.05) is 0 Å². The van der Waals surface area contributed by atoms with Crippen LogP contribution in [0, 0.1) is 35.5 Å². The molecule has 0 aromatic carbocycles. The first-order valence-corrected chi connectivity index (χ1v) is 38.8. The van der Waals surface area contributed by atoms with Crippen LogP contribution in [0.1, 0.15) is 175 Å². The molecule has 2 bridgehead atoms. The Morgan fingerprint density at radius 3 is 1.81 bits per heavy atom. The highest BCUT2D eigenvalue weighted by Gasteiger charge is 2.56. The van der Waals surface area contributed by atoms with Crippen molar-refractivity contribution in [3.8, 4) is 0 Å². The van der Waals surface area contributed by atoms with Gasteiger partial charge in [-0.05, 0) is 140 Å². The van der Waals surface area contributed by atoms with Crippen molar-refractivity contribution in [3.63, 3.8) is 0 Å². The van der Waals surface area contributed by atoms with Gasteiger partial charge in [0.1, 0.15) is 72.1 Å². The van der Waals surface area contributed by atoms with Gasteiger partial charge in [-0.3, -0.25) is 57.5 Å². The lowest BCUT2D eigenvalue weighted by Gasteiger charge is -2.47. The third-order valence-electron chi connectivity index (χ3n) is 24.6. The molecule has 108 heavy (non-hydrogen) atoms. The number of hydrogen-bond acceptors (Lipinski definition) is 14. The minimum atomic E-state index is -5.22. The summed E-state index contributed by atoms with van der Waals surface area (Å²) in [6.45, 7) is 5.27. The molecule has 34 heteroatoms. The lowest BCUT2D eigenvalue weighted by Crippen LogP contribution is -2.68. The zero-order chi connectivity index (χ0) is 79.6. The van der Waals surface area contributed by atoms with Crippen molar-refractivity contribution in [2.75, 3.05) is 101 Å². The normalized spacial score (nSPS) is 32.7. The molecule has 0 aromatic heterocycles. The molecule has 26 nitrogen and oxygen atoms in total. The van der Waals surface area contributed by atoms with E-state index in [-0.39, 0.29) is 110 Å². The van der Waals surface area contributed by atoms with Crippen molar-refractivity contribution in [1.82, 2.24) is 60.0 Å². The molecule has 0 aromatic rings. The summed E-state index contributed by atoms with van der Waals surface area (Å²) in [5.74, 6) is -16.6. The maximum Gasteiger partial charge on any atom is 0.397 e. The molecule has 12 amide bonds. The number of carbonyl (C=O) groups excluding carboxylic acids is 12. The van der Waals surface area contributed by atoms with Crippen LogP contribution in [0.25, 0.3) is 0 Å². The molecule has 8 aliphatic rings. The Labute approximate surface area is 627 Å². The van der Waals surface area contributed by atoms with Gasteiger partial charge in [-0.25, -0.2) is 8.78 Å². The van der Waals surface area contributed by atoms with Gasteiger partial charge in [-0.15, -0.1) is 0 Å². The summed E-state index contributed by atoms with van der Waals surface area (Å²) < 4.78 is 127. The van der Waals surface area contributed by atoms with Gasteiger partial charge in [0.05, 0.1) is 44.7 Å². The van der Waals surface area contributed by atoms with Crippen molar-refractivity contribution < 1.29 is 102 Å². The number of rotatable bonds is 11. The van der Waals surface area contributed by atoms with E-state index in [9.17, 15) is 55.1 Å². The second kappa shape index (κ2) is 37.3. The number of likely N-dealkylation sites (N-methyl/N-ethyl adjacent to an activating group) is 6. The fraction of sp³-hybridized carbons (Fsp3) is 0.838. The first kappa shape index (κ1) is 86.6. The standard InChI is InChI=1S/C74H114F8N12O14/c1-11-43(3)61-69(104)87(6)42-59(97)89(8)53-21-14-13-17-30-93(68(53)103)56(37-45-22-25-48(26-23-45)73(77,78)79)66(101)86(5)41-57(95)83-52(27-24-46-35-50(75)60(51(76)36-46)74(80,81)82)65(100)94-40-49(108-12-2)38-54(94)64(99)85-72(28-18-29-72)71(106)91(10)62(47-19-15-16-20-47)70(105)90(9)55(67(102)92-31-33-107-34-32-92)39-58(96)88(7)44(4)63(98)84-61/h43-56,60-62H,11-42H2,1-10H3,(H,83,95)(H,84,98)(H,85,99)/t43-,44-,45?,46?,48?,49+,50?,51?,52-,53-,54-,55-,56-,60?,61-,62-/m0/s1. The topological polar surface area (TPSA) is 289 Å². The molecule has 3 N–H and O–H groups in total. The van der Waals surface area contributed by atoms with Crippen LogP contribution in [0.2, 0.25) is 0 Å². The van der Waals surface area contributed by atoms with Crippen LogP contribution in [0.15, 0.2) is 0 Å². The van der Waals surface area contributed by atoms with E-state index >= 15 is 37.5 Å². The second-order valence-electron chi connectivity index (χ2n) is 31.7. The molecule has 8 fully saturated rings. The monoisotopic (exact) mass is 1550 g/mol. The highest BCUT2D eigenvalue weighted by atomic mass is 19.4. The van der Waals surface area contributed by atoms with Crippen LogP contribution in [0.3, 0.4) is 0 Å². The molecule has 8 rings (SSSR count). The summed E-state index contributed by atoms with van der Waals surface area (Å²) >= 11 is 0. The number of carbonyl (C=O) groups is 12. The maximum atomic E-state index is 15.6. The van der Waals surface area contributed by atoms with Crippen LogP contribution in [-0.2, 0) is 67.0 Å². The highest BCUT2D eigenvalue weighted by molar-refractivity contribution is 6.01. The fourth-order valence-corrected chi connectivity index (χ4v) is 17.4. The summed E-state index contributed by atoms with van der Waals surface area (Å²) in [7, 11) is 8.00. The number of alkyl halides is 8. The zero-order valence-electron chi connectivity index (χ0n) is 64.2. The smallest absolute Gasteiger partial charge is 0.378 e. The van der Waals surface area contributed by atoms with Gasteiger partial charge in [-0.2, -0.15) is 26.3 Å². The molecule has 12 atom stereocenters. The van der Waals surface area contributed by atoms with Gasteiger partial charge in [0, 0.05) is 81.5 Å². The Morgan fingerprint density at radius 1 is 0.611 bits per heavy atom. The number of amides is 12. The Kier molecular flexibility index (Phi) is 29.9. The van der Waals surface area contributed by atoms with E-state index in [4.69, 9.17) is 9.47 Å². The number of nitrogens with one attached hydrogen (secondary N) is 3. The quantitative estimate of drug-likeness (QED) is 0.221. The first-order chi connectivity index (χ1) is 50.8. The van der Waals surface area contributed by atoms with E-state index in [2.05, 4.69) is 16.0 Å². The molecular formula is C74H114F8N12O14. The number of nitrogens with zero attached hydrogens (tertiary/aromatic N) is 9. The van der Waals surface area contributed by atoms with Crippen LogP contribution < -0.4 is 16.0 Å². The predicted molar refractivity (Wildman–Crippen MR) is 376 cm³/mol. The molecule has 4 aliphatic heterocycles. The van der Waals surface area contributed by atoms with Crippen LogP contribution in [0.4, 0.5) is 35.1 Å². The summed E-state index contributed by atoms with van der Waals surface area (Å²) in [6.07, 6.45) is -15.3. The zero-order valence-corrected chi connectivity index (χ0v) is 64.2. The Bertz CT molecular complexity index is 3190. The SMILES string of the molecule is CCO[C@@H]1C[C@H]2C(=O)NC3(CCC3)C(=O)N(C)[C@@H](C3CCCC3)C(=O)N(C)[C@H](C(=O)N3CCOCC3)CC(=O)N(C)[C@@H](C)C(=O)N[C@@H]([C@@H](C)CC)C(=O)N(C)CC(=O)N(C)[C@H]3CCCCCN(C3=O)[C@@H](CC3CCC(C(F)(F)F)CC3)C(=O)N(C)CC(=O)N[C@@H](CCC3CC(F)C(C(F)(F)F)C(F)C3)C(=O)N2C1. The van der Waals surface area contributed by atoms with Crippen molar-refractivity contribution in [1.29, 1.82) is 0 Å². The minimum Gasteiger partial charge on any atom is -0.378 e. The average molecular weight is 1550 g/mol. The summed E-state index contributed by atoms with van der Waals surface area (Å²) in [4.78, 5) is 191. The summed E-state index contributed by atoms with van der Waals surface area (Å²) in [5.41, 5.74) is -1.69. The van der Waals surface area contributed by atoms with Crippen LogP contribution in [-0.4, -0.2) is 301 Å². The van der Waals surface area contributed by atoms with Gasteiger partial charge in [-0.1, -0.05) is 46.0 Å². The first-order valence-electron chi connectivity index (χ1n) is 38.8. The third kappa shape index (κ3) is 20.6. The van der Waals surface area contributed by atoms with E-state index in [0.29, 0.717) is 57.8 Å².